The van der Waals surface area contributed by atoms with E-state index in [1.165, 1.54) is 6.07 Å². The summed E-state index contributed by atoms with van der Waals surface area (Å²) in [5.74, 6) is -2.21. The number of carbonyl (C=O) groups excluding carboxylic acids is 1. The quantitative estimate of drug-likeness (QED) is 0.871. The molecule has 0 aliphatic carbocycles. The van der Waals surface area contributed by atoms with Crippen LogP contribution in [-0.2, 0) is 0 Å². The van der Waals surface area contributed by atoms with Crippen molar-refractivity contribution in [1.29, 1.82) is 0 Å². The molecule has 0 aliphatic heterocycles. The molecule has 1 rings (SSSR count). The van der Waals surface area contributed by atoms with Crippen molar-refractivity contribution in [1.82, 2.24) is 4.90 Å². The molecule has 1 aromatic rings. The van der Waals surface area contributed by atoms with Gasteiger partial charge in [0.1, 0.15) is 5.82 Å². The van der Waals surface area contributed by atoms with Crippen molar-refractivity contribution in [3.63, 3.8) is 0 Å². The van der Waals surface area contributed by atoms with Gasteiger partial charge in [-0.05, 0) is 38.5 Å². The van der Waals surface area contributed by atoms with Gasteiger partial charge < -0.3 is 15.3 Å². The Kier molecular flexibility index (Phi) is 5.49. The van der Waals surface area contributed by atoms with Crippen LogP contribution in [0.5, 0.6) is 0 Å². The molecule has 2 N–H and O–H groups in total. The van der Waals surface area contributed by atoms with Gasteiger partial charge in [0, 0.05) is 18.3 Å². The highest BCUT2D eigenvalue weighted by Crippen LogP contribution is 2.15. The first-order chi connectivity index (χ1) is 9.36. The van der Waals surface area contributed by atoms with E-state index in [0.29, 0.717) is 6.54 Å². The SMILES string of the molecule is CCCN(C(=O)Nc1ccc(C(=O)O)c(F)c1)C(C)C. The second kappa shape index (κ2) is 6.88. The van der Waals surface area contributed by atoms with E-state index in [-0.39, 0.29) is 17.8 Å². The molecule has 5 nitrogen and oxygen atoms in total. The molecule has 0 atom stereocenters. The Balaban J connectivity index is 2.85. The summed E-state index contributed by atoms with van der Waals surface area (Å²) in [6, 6.07) is 3.20. The average Bonchev–Trinajstić information content (AvgIpc) is 2.34. The van der Waals surface area contributed by atoms with Gasteiger partial charge >= 0.3 is 12.0 Å². The average molecular weight is 282 g/mol. The summed E-state index contributed by atoms with van der Waals surface area (Å²) in [4.78, 5) is 24.4. The Bertz CT molecular complexity index is 503. The van der Waals surface area contributed by atoms with Crippen LogP contribution >= 0.6 is 0 Å². The molecule has 0 saturated carbocycles. The van der Waals surface area contributed by atoms with E-state index in [9.17, 15) is 14.0 Å². The van der Waals surface area contributed by atoms with Crippen molar-refractivity contribution >= 4 is 17.7 Å². The molecule has 0 fully saturated rings. The van der Waals surface area contributed by atoms with Crippen LogP contribution in [-0.4, -0.2) is 34.6 Å². The Hall–Kier alpha value is -2.11. The fraction of sp³-hybridized carbons (Fsp3) is 0.429. The lowest BCUT2D eigenvalue weighted by Gasteiger charge is -2.26. The second-order valence-corrected chi connectivity index (χ2v) is 4.72. The van der Waals surface area contributed by atoms with E-state index < -0.39 is 17.3 Å². The van der Waals surface area contributed by atoms with Crippen molar-refractivity contribution in [2.75, 3.05) is 11.9 Å². The van der Waals surface area contributed by atoms with Crippen LogP contribution in [0.1, 0.15) is 37.6 Å². The zero-order valence-electron chi connectivity index (χ0n) is 11.8. The summed E-state index contributed by atoms with van der Waals surface area (Å²) in [6.45, 7) is 6.34. The Morgan fingerprint density at radius 2 is 2.05 bits per heavy atom. The van der Waals surface area contributed by atoms with Gasteiger partial charge in [-0.1, -0.05) is 6.92 Å². The lowest BCUT2D eigenvalue weighted by Crippen LogP contribution is -2.40. The van der Waals surface area contributed by atoms with Crippen molar-refractivity contribution in [2.24, 2.45) is 0 Å². The largest absolute Gasteiger partial charge is 0.478 e. The maximum absolute atomic E-state index is 13.5. The van der Waals surface area contributed by atoms with Gasteiger partial charge in [-0.25, -0.2) is 14.0 Å². The maximum Gasteiger partial charge on any atom is 0.338 e. The van der Waals surface area contributed by atoms with Gasteiger partial charge in [-0.3, -0.25) is 0 Å². The molecule has 0 bridgehead atoms. The van der Waals surface area contributed by atoms with E-state index >= 15 is 0 Å². The van der Waals surface area contributed by atoms with Crippen molar-refractivity contribution in [3.8, 4) is 0 Å². The van der Waals surface area contributed by atoms with Crippen molar-refractivity contribution in [2.45, 2.75) is 33.2 Å². The number of nitrogens with zero attached hydrogens (tertiary/aromatic N) is 1. The van der Waals surface area contributed by atoms with Gasteiger partial charge in [0.2, 0.25) is 0 Å². The Morgan fingerprint density at radius 3 is 2.50 bits per heavy atom. The first-order valence-corrected chi connectivity index (χ1v) is 6.47. The summed E-state index contributed by atoms with van der Waals surface area (Å²) in [5, 5.41) is 11.3. The molecule has 2 amide bonds. The number of rotatable bonds is 5. The van der Waals surface area contributed by atoms with E-state index in [4.69, 9.17) is 5.11 Å². The summed E-state index contributed by atoms with van der Waals surface area (Å²) in [6.07, 6.45) is 0.817. The number of carboxylic acids is 1. The van der Waals surface area contributed by atoms with Gasteiger partial charge in [0.05, 0.1) is 5.56 Å². The number of hydrogen-bond acceptors (Lipinski definition) is 2. The number of aromatic carboxylic acids is 1. The first-order valence-electron chi connectivity index (χ1n) is 6.47. The fourth-order valence-electron chi connectivity index (χ4n) is 1.80. The van der Waals surface area contributed by atoms with E-state index in [2.05, 4.69) is 5.32 Å². The van der Waals surface area contributed by atoms with Gasteiger partial charge in [-0.2, -0.15) is 0 Å². The third kappa shape index (κ3) is 3.94. The smallest absolute Gasteiger partial charge is 0.338 e. The molecule has 20 heavy (non-hydrogen) atoms. The standard InChI is InChI=1S/C14H19FN2O3/c1-4-7-17(9(2)3)14(20)16-10-5-6-11(13(18)19)12(15)8-10/h5-6,8-9H,4,7H2,1-3H3,(H,16,20)(H,18,19). The Morgan fingerprint density at radius 1 is 1.40 bits per heavy atom. The van der Waals surface area contributed by atoms with Crippen molar-refractivity contribution < 1.29 is 19.1 Å². The number of halogens is 1. The third-order valence-corrected chi connectivity index (χ3v) is 2.80. The molecule has 6 heteroatoms. The van der Waals surface area contributed by atoms with Crippen LogP contribution in [0, 0.1) is 5.82 Å². The van der Waals surface area contributed by atoms with Crippen LogP contribution < -0.4 is 5.32 Å². The normalized spacial score (nSPS) is 10.4. The van der Waals surface area contributed by atoms with E-state index in [0.717, 1.165) is 18.6 Å². The number of carboxylic acid groups (broad SMARTS) is 1. The lowest BCUT2D eigenvalue weighted by atomic mass is 10.2. The number of nitrogens with one attached hydrogen (secondary N) is 1. The molecule has 0 aromatic heterocycles. The van der Waals surface area contributed by atoms with Gasteiger partial charge in [0.25, 0.3) is 0 Å². The van der Waals surface area contributed by atoms with Crippen LogP contribution in [0.15, 0.2) is 18.2 Å². The molecule has 0 unspecified atom stereocenters. The van der Waals surface area contributed by atoms with Gasteiger partial charge in [0.15, 0.2) is 0 Å². The van der Waals surface area contributed by atoms with Crippen molar-refractivity contribution in [3.05, 3.63) is 29.6 Å². The van der Waals surface area contributed by atoms with E-state index in [1.807, 2.05) is 20.8 Å². The predicted octanol–water partition coefficient (Wildman–Crippen LogP) is 3.18. The number of benzene rings is 1. The molecule has 0 spiro atoms. The highest BCUT2D eigenvalue weighted by atomic mass is 19.1. The Labute approximate surface area is 117 Å². The van der Waals surface area contributed by atoms with Crippen LogP contribution in [0.3, 0.4) is 0 Å². The number of anilines is 1. The van der Waals surface area contributed by atoms with Crippen LogP contribution in [0.25, 0.3) is 0 Å². The first kappa shape index (κ1) is 15.9. The summed E-state index contributed by atoms with van der Waals surface area (Å²) in [7, 11) is 0. The highest BCUT2D eigenvalue weighted by molar-refractivity contribution is 5.92. The minimum absolute atomic E-state index is 0.0260. The zero-order chi connectivity index (χ0) is 15.3. The maximum atomic E-state index is 13.5. The number of urea groups is 1. The molecule has 0 saturated heterocycles. The minimum Gasteiger partial charge on any atom is -0.478 e. The van der Waals surface area contributed by atoms with Crippen LogP contribution in [0.4, 0.5) is 14.9 Å². The molecule has 0 radical (unpaired) electrons. The third-order valence-electron chi connectivity index (χ3n) is 2.80. The lowest BCUT2D eigenvalue weighted by molar-refractivity contribution is 0.0692. The van der Waals surface area contributed by atoms with E-state index in [1.54, 1.807) is 4.90 Å². The molecule has 110 valence electrons. The molecular formula is C14H19FN2O3. The molecule has 0 aliphatic rings. The van der Waals surface area contributed by atoms with Gasteiger partial charge in [-0.15, -0.1) is 0 Å². The minimum atomic E-state index is -1.34. The second-order valence-electron chi connectivity index (χ2n) is 4.72. The molecular weight excluding hydrogens is 263 g/mol. The molecule has 0 heterocycles. The zero-order valence-corrected chi connectivity index (χ0v) is 11.8. The topological polar surface area (TPSA) is 69.6 Å². The monoisotopic (exact) mass is 282 g/mol. The number of carbonyl (C=O) groups is 2. The summed E-state index contributed by atoms with van der Waals surface area (Å²) < 4.78 is 13.5. The summed E-state index contributed by atoms with van der Waals surface area (Å²) in [5.41, 5.74) is -0.184. The van der Waals surface area contributed by atoms with Crippen LogP contribution in [0.2, 0.25) is 0 Å². The summed E-state index contributed by atoms with van der Waals surface area (Å²) >= 11 is 0. The predicted molar refractivity (Wildman–Crippen MR) is 74.5 cm³/mol. The highest BCUT2D eigenvalue weighted by Gasteiger charge is 2.17. The number of amides is 2. The number of hydrogen-bond donors (Lipinski definition) is 2. The molecule has 1 aromatic carbocycles. The fourth-order valence-corrected chi connectivity index (χ4v) is 1.80.